The zero-order chi connectivity index (χ0) is 28.1. The van der Waals surface area contributed by atoms with Crippen LogP contribution < -0.4 is 9.59 Å². The van der Waals surface area contributed by atoms with Crippen LogP contribution in [-0.4, -0.2) is 30.0 Å². The van der Waals surface area contributed by atoms with E-state index in [1.807, 2.05) is 146 Å². The first kappa shape index (κ1) is 24.9. The van der Waals surface area contributed by atoms with Gasteiger partial charge < -0.3 is 10.6 Å². The molecule has 0 radical (unpaired) electrons. The Labute approximate surface area is 241 Å². The predicted octanol–water partition coefficient (Wildman–Crippen LogP) is 6.08. The summed E-state index contributed by atoms with van der Waals surface area (Å²) in [5.74, 6) is 0.855. The lowest BCUT2D eigenvalue weighted by Gasteiger charge is -2.14. The Morgan fingerprint density at radius 1 is 0.429 bits per heavy atom. The summed E-state index contributed by atoms with van der Waals surface area (Å²) in [6.07, 6.45) is 0. The molecule has 7 aromatic rings. The lowest BCUT2D eigenvalue weighted by Crippen LogP contribution is -2.36. The second-order valence-electron chi connectivity index (χ2n) is 9.27. The minimum Gasteiger partial charge on any atom is -0.355 e. The Bertz CT molecular complexity index is 1780. The first-order valence-electron chi connectivity index (χ1n) is 13.3. The van der Waals surface area contributed by atoms with Gasteiger partial charge in [0.2, 0.25) is 5.95 Å². The lowest BCUT2D eigenvalue weighted by atomic mass is 10.3. The van der Waals surface area contributed by atoms with Crippen molar-refractivity contribution in [2.24, 2.45) is 0 Å². The molecular weight excluding hydrogens is 524 g/mol. The zero-order valence-electron chi connectivity index (χ0n) is 22.3. The maximum absolute atomic E-state index is 4.86. The number of hydrogen-bond acceptors (Lipinski definition) is 4. The van der Waals surface area contributed by atoms with Gasteiger partial charge in [0.15, 0.2) is 17.1 Å². The Balaban J connectivity index is 1.22. The highest BCUT2D eigenvalue weighted by atomic mass is 15.7. The molecular formula is C32H24N10. The van der Waals surface area contributed by atoms with Gasteiger partial charge in [0, 0.05) is 5.69 Å². The van der Waals surface area contributed by atoms with E-state index in [1.165, 1.54) is 0 Å². The van der Waals surface area contributed by atoms with E-state index in [9.17, 15) is 0 Å². The molecule has 0 bridgehead atoms. The molecule has 0 N–H and O–H groups in total. The number of hydrogen-bond donors (Lipinski definition) is 0. The Morgan fingerprint density at radius 2 is 0.810 bits per heavy atom. The molecule has 0 saturated carbocycles. The van der Waals surface area contributed by atoms with Crippen molar-refractivity contribution in [1.29, 1.82) is 0 Å². The van der Waals surface area contributed by atoms with Crippen LogP contribution in [0.25, 0.3) is 33.4 Å². The van der Waals surface area contributed by atoms with Crippen molar-refractivity contribution in [3.8, 4) is 22.7 Å². The van der Waals surface area contributed by atoms with Gasteiger partial charge in [0.05, 0.1) is 5.95 Å². The van der Waals surface area contributed by atoms with Crippen molar-refractivity contribution in [1.82, 2.24) is 30.0 Å². The fourth-order valence-electron chi connectivity index (χ4n) is 4.36. The molecule has 5 aromatic carbocycles. The van der Waals surface area contributed by atoms with Gasteiger partial charge in [-0.2, -0.15) is 5.10 Å². The molecule has 0 fully saturated rings. The molecule has 0 aliphatic heterocycles. The van der Waals surface area contributed by atoms with Gasteiger partial charge in [0.1, 0.15) is 5.21 Å². The van der Waals surface area contributed by atoms with E-state index < -0.39 is 0 Å². The third-order valence-electron chi connectivity index (χ3n) is 6.36. The summed E-state index contributed by atoms with van der Waals surface area (Å²) < 4.78 is 3.43. The SMILES string of the molecule is c1ccc(-n2n[n+](-c3ccccc3)nc2[N-]c2cccc([N-]c3n[n+](-c4ccccc4)nn3-c3ccccc3)c2)cc1. The van der Waals surface area contributed by atoms with Crippen molar-refractivity contribution in [3.05, 3.63) is 156 Å². The smallest absolute Gasteiger partial charge is 0.241 e. The summed E-state index contributed by atoms with van der Waals surface area (Å²) in [6.45, 7) is 0. The molecule has 0 spiro atoms. The summed E-state index contributed by atoms with van der Waals surface area (Å²) in [5, 5.41) is 28.5. The van der Waals surface area contributed by atoms with E-state index >= 15 is 0 Å². The van der Waals surface area contributed by atoms with Gasteiger partial charge in [-0.25, -0.2) is 0 Å². The second-order valence-corrected chi connectivity index (χ2v) is 9.27. The van der Waals surface area contributed by atoms with E-state index in [0.717, 1.165) is 22.7 Å². The molecule has 0 unspecified atom stereocenters. The van der Waals surface area contributed by atoms with E-state index in [1.54, 1.807) is 19.0 Å². The standard InChI is InChI=1S/C32H24N10/c1-5-16-27(17-6-1)39-31(35-41(37-39)29-20-9-3-10-21-29)33-25-14-13-15-26(24-25)34-32-36-42(30-22-11-4-12-23-30)38-40(32)28-18-7-2-8-19-28/h1-24H. The molecule has 7 rings (SSSR count). The van der Waals surface area contributed by atoms with Crippen molar-refractivity contribution in [2.45, 2.75) is 0 Å². The largest absolute Gasteiger partial charge is 0.355 e. The van der Waals surface area contributed by atoms with Gasteiger partial charge in [0.25, 0.3) is 0 Å². The molecule has 10 nitrogen and oxygen atoms in total. The molecule has 0 atom stereocenters. The average Bonchev–Trinajstić information content (AvgIpc) is 3.68. The molecule has 0 aliphatic rings. The number of tetrazole rings is 2. The second kappa shape index (κ2) is 11.1. The van der Waals surface area contributed by atoms with Gasteiger partial charge in [-0.3, -0.25) is 4.68 Å². The fourth-order valence-corrected chi connectivity index (χ4v) is 4.36. The average molecular weight is 549 g/mol. The van der Waals surface area contributed by atoms with Gasteiger partial charge >= 0.3 is 0 Å². The number of nitrogens with zero attached hydrogens (tertiary/aromatic N) is 10. The zero-order valence-corrected chi connectivity index (χ0v) is 22.3. The highest BCUT2D eigenvalue weighted by Gasteiger charge is 2.17. The number of rotatable bonds is 8. The fraction of sp³-hybridized carbons (Fsp3) is 0. The van der Waals surface area contributed by atoms with Crippen molar-refractivity contribution in [2.75, 3.05) is 0 Å². The Hall–Kier alpha value is -6.16. The van der Waals surface area contributed by atoms with Crippen LogP contribution in [0.2, 0.25) is 0 Å². The minimum atomic E-state index is 0.427. The van der Waals surface area contributed by atoms with Crippen LogP contribution in [0.4, 0.5) is 23.3 Å². The van der Waals surface area contributed by atoms with Gasteiger partial charge in [-0.05, 0) is 59.1 Å². The molecule has 0 amide bonds. The van der Waals surface area contributed by atoms with Crippen LogP contribution in [0, 0.1) is 0 Å². The molecule has 10 heteroatoms. The maximum atomic E-state index is 4.86. The van der Waals surface area contributed by atoms with Crippen LogP contribution in [-0.2, 0) is 0 Å². The highest BCUT2D eigenvalue weighted by Crippen LogP contribution is 2.36. The van der Waals surface area contributed by atoms with E-state index in [-0.39, 0.29) is 0 Å². The third kappa shape index (κ3) is 5.19. The van der Waals surface area contributed by atoms with Crippen molar-refractivity contribution >= 4 is 23.3 Å². The summed E-state index contributed by atoms with van der Waals surface area (Å²) in [7, 11) is 0. The number of aromatic nitrogens is 8. The summed E-state index contributed by atoms with van der Waals surface area (Å²) in [4.78, 5) is 3.15. The van der Waals surface area contributed by atoms with Crippen molar-refractivity contribution in [3.63, 3.8) is 0 Å². The molecule has 42 heavy (non-hydrogen) atoms. The monoisotopic (exact) mass is 548 g/mol. The van der Waals surface area contributed by atoms with Crippen LogP contribution in [0.3, 0.4) is 0 Å². The lowest BCUT2D eigenvalue weighted by molar-refractivity contribution is -0.717. The van der Waals surface area contributed by atoms with Crippen LogP contribution >= 0.6 is 0 Å². The first-order chi connectivity index (χ1) is 20.8. The van der Waals surface area contributed by atoms with E-state index in [2.05, 4.69) is 0 Å². The summed E-state index contributed by atoms with van der Waals surface area (Å²) in [6, 6.07) is 46.7. The van der Waals surface area contributed by atoms with Crippen LogP contribution in [0.1, 0.15) is 0 Å². The molecule has 0 aliphatic carbocycles. The predicted molar refractivity (Wildman–Crippen MR) is 158 cm³/mol. The Kier molecular flexibility index (Phi) is 6.59. The summed E-state index contributed by atoms with van der Waals surface area (Å²) >= 11 is 0. The van der Waals surface area contributed by atoms with E-state index in [4.69, 9.17) is 31.3 Å². The molecule has 2 heterocycles. The molecule has 2 aromatic heterocycles. The van der Waals surface area contributed by atoms with Gasteiger partial charge in [-0.1, -0.05) is 117 Å². The van der Waals surface area contributed by atoms with E-state index in [0.29, 0.717) is 23.3 Å². The first-order valence-corrected chi connectivity index (χ1v) is 13.3. The minimum absolute atomic E-state index is 0.427. The maximum Gasteiger partial charge on any atom is 0.241 e. The normalized spacial score (nSPS) is 10.9. The van der Waals surface area contributed by atoms with Gasteiger partial charge in [-0.15, -0.1) is 5.10 Å². The summed E-state index contributed by atoms with van der Waals surface area (Å²) in [5.41, 5.74) is 4.70. The quantitative estimate of drug-likeness (QED) is 0.215. The molecule has 0 saturated heterocycles. The highest BCUT2D eigenvalue weighted by molar-refractivity contribution is 5.71. The van der Waals surface area contributed by atoms with Crippen LogP contribution in [0.5, 0.6) is 0 Å². The van der Waals surface area contributed by atoms with Crippen molar-refractivity contribution < 1.29 is 9.59 Å². The Morgan fingerprint density at radius 3 is 1.21 bits per heavy atom. The number of benzene rings is 5. The molecule has 202 valence electrons. The third-order valence-corrected chi connectivity index (χ3v) is 6.36. The van der Waals surface area contributed by atoms with Crippen LogP contribution in [0.15, 0.2) is 146 Å². The topological polar surface area (TPSA) is 97.4 Å². The number of para-hydroxylation sites is 4.